The van der Waals surface area contributed by atoms with Gasteiger partial charge in [-0.1, -0.05) is 37.3 Å². The summed E-state index contributed by atoms with van der Waals surface area (Å²) >= 11 is 1.72. The minimum absolute atomic E-state index is 0.151. The van der Waals surface area contributed by atoms with Gasteiger partial charge >= 0.3 is 5.97 Å². The minimum atomic E-state index is -1.36. The van der Waals surface area contributed by atoms with Crippen LogP contribution in [0.5, 0.6) is 0 Å². The number of hydrogen-bond donors (Lipinski definition) is 2. The summed E-state index contributed by atoms with van der Waals surface area (Å²) in [7, 11) is 0. The Morgan fingerprint density at radius 3 is 2.53 bits per heavy atom. The zero-order chi connectivity index (χ0) is 24.7. The molecule has 1 unspecified atom stereocenters. The fourth-order valence-corrected chi connectivity index (χ4v) is 5.33. The Bertz CT molecular complexity index is 1140. The highest BCUT2D eigenvalue weighted by Gasteiger charge is 2.26. The molecule has 7 heteroatoms. The van der Waals surface area contributed by atoms with Crippen LogP contribution in [0.3, 0.4) is 0 Å². The second-order valence-corrected chi connectivity index (χ2v) is 9.47. The van der Waals surface area contributed by atoms with E-state index in [1.54, 1.807) is 11.8 Å². The summed E-state index contributed by atoms with van der Waals surface area (Å²) in [6.07, 6.45) is 1.42. The number of nitrogens with two attached hydrogens (primary N) is 1. The highest BCUT2D eigenvalue weighted by Crippen LogP contribution is 2.37. The number of hydrogen-bond acceptors (Lipinski definition) is 5. The third kappa shape index (κ3) is 6.02. The van der Waals surface area contributed by atoms with Crippen molar-refractivity contribution in [2.75, 3.05) is 12.4 Å². The van der Waals surface area contributed by atoms with E-state index in [-0.39, 0.29) is 5.97 Å². The summed E-state index contributed by atoms with van der Waals surface area (Å²) in [5, 5.41) is 11.6. The van der Waals surface area contributed by atoms with Gasteiger partial charge in [0.2, 0.25) is 0 Å². The molecule has 3 aromatic rings. The van der Waals surface area contributed by atoms with Crippen LogP contribution < -0.4 is 5.73 Å². The van der Waals surface area contributed by atoms with Crippen molar-refractivity contribution in [3.05, 3.63) is 64.8 Å². The van der Waals surface area contributed by atoms with Crippen molar-refractivity contribution in [3.63, 3.8) is 0 Å². The third-order valence-corrected chi connectivity index (χ3v) is 7.15. The number of amides is 1. The highest BCUT2D eigenvalue weighted by atomic mass is 32.2. The second kappa shape index (κ2) is 12.1. The maximum absolute atomic E-state index is 12.0. The number of thioether (sulfide) groups is 1. The largest absolute Gasteiger partial charge is 0.466 e. The lowest BCUT2D eigenvalue weighted by Crippen LogP contribution is -2.22. The first-order chi connectivity index (χ1) is 16.4. The molecule has 3 rings (SSSR count). The van der Waals surface area contributed by atoms with Crippen molar-refractivity contribution in [1.29, 1.82) is 0 Å². The molecule has 0 saturated carbocycles. The Balaban J connectivity index is 1.93. The average Bonchev–Trinajstić information content (AvgIpc) is 3.11. The van der Waals surface area contributed by atoms with Crippen LogP contribution >= 0.6 is 11.8 Å². The molecule has 2 aromatic carbocycles. The molecule has 0 fully saturated rings. The molecule has 1 aromatic heterocycles. The zero-order valence-electron chi connectivity index (χ0n) is 20.2. The van der Waals surface area contributed by atoms with Gasteiger partial charge in [0, 0.05) is 40.0 Å². The number of carbonyl (C=O) groups is 2. The predicted octanol–water partition coefficient (Wildman–Crippen LogP) is 4.90. The van der Waals surface area contributed by atoms with Crippen LogP contribution in [0.2, 0.25) is 0 Å². The van der Waals surface area contributed by atoms with Gasteiger partial charge in [0.15, 0.2) is 6.10 Å². The Morgan fingerprint density at radius 2 is 1.88 bits per heavy atom. The standard InChI is InChI=1S/C27H34N2O4S/c1-4-21-25(26(31)27(28)32)20-16-23(34-14-10-9-13-24(30)33-5-2)18(3)15-22(20)29(21)17-19-11-7-6-8-12-19/h6-8,11-12,15-16,26,31H,4-5,9-10,13-14,17H2,1-3H3,(H2,28,32). The quantitative estimate of drug-likeness (QED) is 0.217. The van der Waals surface area contributed by atoms with Gasteiger partial charge in [-0.25, -0.2) is 0 Å². The highest BCUT2D eigenvalue weighted by molar-refractivity contribution is 7.99. The molecule has 0 radical (unpaired) electrons. The summed E-state index contributed by atoms with van der Waals surface area (Å²) in [4.78, 5) is 24.6. The number of aryl methyl sites for hydroxylation is 1. The molecule has 0 spiro atoms. The molecule has 0 aliphatic rings. The topological polar surface area (TPSA) is 94.6 Å². The van der Waals surface area contributed by atoms with Crippen LogP contribution in [0.25, 0.3) is 10.9 Å². The number of carbonyl (C=O) groups excluding carboxylic acids is 2. The molecule has 6 nitrogen and oxygen atoms in total. The van der Waals surface area contributed by atoms with Crippen LogP contribution in [0.15, 0.2) is 47.4 Å². The Kier molecular flexibility index (Phi) is 9.19. The fraction of sp³-hybridized carbons (Fsp3) is 0.407. The Labute approximate surface area is 205 Å². The first kappa shape index (κ1) is 25.8. The van der Waals surface area contributed by atoms with Crippen molar-refractivity contribution in [3.8, 4) is 0 Å². The number of esters is 1. The summed E-state index contributed by atoms with van der Waals surface area (Å²) in [5.74, 6) is -0.0330. The van der Waals surface area contributed by atoms with E-state index in [9.17, 15) is 14.7 Å². The number of primary amides is 1. The fourth-order valence-electron chi connectivity index (χ4n) is 4.28. The number of fused-ring (bicyclic) bond motifs is 1. The minimum Gasteiger partial charge on any atom is -0.466 e. The number of benzene rings is 2. The Hall–Kier alpha value is -2.77. The monoisotopic (exact) mass is 482 g/mol. The molecule has 0 aliphatic carbocycles. The summed E-state index contributed by atoms with van der Waals surface area (Å²) in [6.45, 7) is 6.98. The van der Waals surface area contributed by atoms with E-state index >= 15 is 0 Å². The van der Waals surface area contributed by atoms with Crippen LogP contribution in [-0.4, -0.2) is 33.9 Å². The molecule has 3 N–H and O–H groups in total. The van der Waals surface area contributed by atoms with E-state index in [1.807, 2.05) is 32.0 Å². The molecule has 1 heterocycles. The number of unbranched alkanes of at least 4 members (excludes halogenated alkanes) is 1. The molecule has 182 valence electrons. The van der Waals surface area contributed by atoms with Crippen LogP contribution in [0, 0.1) is 6.92 Å². The normalized spacial score (nSPS) is 12.1. The maximum Gasteiger partial charge on any atom is 0.305 e. The van der Waals surface area contributed by atoms with Gasteiger partial charge in [-0.3, -0.25) is 9.59 Å². The van der Waals surface area contributed by atoms with E-state index in [1.165, 1.54) is 0 Å². The van der Waals surface area contributed by atoms with E-state index in [0.29, 0.717) is 31.6 Å². The van der Waals surface area contributed by atoms with Gasteiger partial charge < -0.3 is 20.1 Å². The molecule has 0 aliphatic heterocycles. The number of aromatic nitrogens is 1. The maximum atomic E-state index is 12.0. The third-order valence-electron chi connectivity index (χ3n) is 5.91. The first-order valence-electron chi connectivity index (χ1n) is 11.8. The summed E-state index contributed by atoms with van der Waals surface area (Å²) in [5.41, 5.74) is 10.3. The Morgan fingerprint density at radius 1 is 1.15 bits per heavy atom. The van der Waals surface area contributed by atoms with Gasteiger partial charge in [0.25, 0.3) is 5.91 Å². The number of rotatable bonds is 12. The zero-order valence-corrected chi connectivity index (χ0v) is 21.0. The van der Waals surface area contributed by atoms with Crippen molar-refractivity contribution in [2.45, 2.75) is 64.0 Å². The lowest BCUT2D eigenvalue weighted by Gasteiger charge is -2.13. The molecular weight excluding hydrogens is 448 g/mol. The van der Waals surface area contributed by atoms with Crippen molar-refractivity contribution in [2.24, 2.45) is 5.73 Å². The smallest absolute Gasteiger partial charge is 0.305 e. The molecule has 1 amide bonds. The van der Waals surface area contributed by atoms with Gasteiger partial charge in [0.05, 0.1) is 6.61 Å². The number of ether oxygens (including phenoxy) is 1. The second-order valence-electron chi connectivity index (χ2n) is 8.34. The number of aliphatic hydroxyl groups is 1. The van der Waals surface area contributed by atoms with Crippen LogP contribution in [0.4, 0.5) is 0 Å². The van der Waals surface area contributed by atoms with Crippen molar-refractivity contribution < 1.29 is 19.4 Å². The predicted molar refractivity (Wildman–Crippen MR) is 137 cm³/mol. The van der Waals surface area contributed by atoms with Crippen molar-refractivity contribution in [1.82, 2.24) is 4.57 Å². The van der Waals surface area contributed by atoms with Gasteiger partial charge in [-0.2, -0.15) is 0 Å². The van der Waals surface area contributed by atoms with E-state index in [2.05, 4.69) is 35.8 Å². The van der Waals surface area contributed by atoms with Crippen molar-refractivity contribution >= 4 is 34.5 Å². The van der Waals surface area contributed by atoms with Gasteiger partial charge in [0.1, 0.15) is 0 Å². The average molecular weight is 483 g/mol. The van der Waals surface area contributed by atoms with E-state index in [4.69, 9.17) is 10.5 Å². The lowest BCUT2D eigenvalue weighted by molar-refractivity contribution is -0.143. The molecule has 1 atom stereocenters. The summed E-state index contributed by atoms with van der Waals surface area (Å²) < 4.78 is 7.17. The van der Waals surface area contributed by atoms with E-state index < -0.39 is 12.0 Å². The van der Waals surface area contributed by atoms with E-state index in [0.717, 1.165) is 51.2 Å². The molecule has 34 heavy (non-hydrogen) atoms. The van der Waals surface area contributed by atoms with Crippen LogP contribution in [0.1, 0.15) is 61.6 Å². The lowest BCUT2D eigenvalue weighted by atomic mass is 10.0. The summed E-state index contributed by atoms with van der Waals surface area (Å²) in [6, 6.07) is 14.4. The molecule has 0 bridgehead atoms. The number of aliphatic hydroxyl groups excluding tert-OH is 1. The first-order valence-corrected chi connectivity index (χ1v) is 12.8. The van der Waals surface area contributed by atoms with Crippen LogP contribution in [-0.2, 0) is 27.3 Å². The van der Waals surface area contributed by atoms with Gasteiger partial charge in [-0.15, -0.1) is 11.8 Å². The molecule has 0 saturated heterocycles. The molecular formula is C27H34N2O4S. The number of nitrogens with zero attached hydrogens (tertiary/aromatic N) is 1. The van der Waals surface area contributed by atoms with Gasteiger partial charge in [-0.05, 0) is 62.1 Å². The SMILES string of the molecule is CCOC(=O)CCCCSc1cc2c(C(O)C(N)=O)c(CC)n(Cc3ccccc3)c2cc1C.